The number of hydrogen-bond donors (Lipinski definition) is 4. The Hall–Kier alpha value is -0.490. The highest BCUT2D eigenvalue weighted by atomic mass is 16.3. The van der Waals surface area contributed by atoms with E-state index in [0.29, 0.717) is 0 Å². The molecule has 5 nitrogen and oxygen atoms in total. The Bertz CT molecular complexity index is 199. The van der Waals surface area contributed by atoms with E-state index in [2.05, 4.69) is 12.2 Å². The molecule has 0 unspecified atom stereocenters. The minimum Gasteiger partial charge on any atom is -0.396 e. The Balaban J connectivity index is 3.57. The van der Waals surface area contributed by atoms with Gasteiger partial charge in [-0.1, -0.05) is 26.2 Å². The lowest BCUT2D eigenvalue weighted by Crippen LogP contribution is -2.40. The highest BCUT2D eigenvalue weighted by Gasteiger charge is 2.22. The molecule has 2 atom stereocenters. The van der Waals surface area contributed by atoms with Crippen LogP contribution in [0.3, 0.4) is 0 Å². The van der Waals surface area contributed by atoms with Crippen molar-refractivity contribution >= 4 is 5.78 Å². The maximum atomic E-state index is 11.3. The molecule has 5 heteroatoms. The van der Waals surface area contributed by atoms with Crippen molar-refractivity contribution in [3.05, 3.63) is 0 Å². The SMILES string of the molecule is CCCCCCNC[C@H](O)C(=O)[C@H](O)CCO. The Morgan fingerprint density at radius 2 is 1.88 bits per heavy atom. The molecule has 17 heavy (non-hydrogen) atoms. The molecule has 0 aliphatic carbocycles. The van der Waals surface area contributed by atoms with Crippen molar-refractivity contribution in [1.29, 1.82) is 0 Å². The molecule has 0 rings (SSSR count). The van der Waals surface area contributed by atoms with E-state index in [-0.39, 0.29) is 19.6 Å². The van der Waals surface area contributed by atoms with E-state index in [1.807, 2.05) is 0 Å². The first-order valence-electron chi connectivity index (χ1n) is 6.34. The van der Waals surface area contributed by atoms with Gasteiger partial charge in [0.05, 0.1) is 0 Å². The zero-order valence-electron chi connectivity index (χ0n) is 10.6. The van der Waals surface area contributed by atoms with Crippen LogP contribution in [-0.2, 0) is 4.79 Å². The number of carbonyl (C=O) groups is 1. The largest absolute Gasteiger partial charge is 0.396 e. The van der Waals surface area contributed by atoms with E-state index in [0.717, 1.165) is 19.4 Å². The van der Waals surface area contributed by atoms with Crippen LogP contribution >= 0.6 is 0 Å². The Morgan fingerprint density at radius 1 is 1.18 bits per heavy atom. The third kappa shape index (κ3) is 8.26. The lowest BCUT2D eigenvalue weighted by molar-refractivity contribution is -0.136. The van der Waals surface area contributed by atoms with Crippen molar-refractivity contribution in [2.45, 2.75) is 51.2 Å². The average molecular weight is 247 g/mol. The fourth-order valence-electron chi connectivity index (χ4n) is 1.50. The molecule has 0 saturated carbocycles. The molecule has 0 radical (unpaired) electrons. The van der Waals surface area contributed by atoms with Crippen LogP contribution in [-0.4, -0.2) is 53.0 Å². The smallest absolute Gasteiger partial charge is 0.190 e. The number of nitrogens with one attached hydrogen (secondary N) is 1. The van der Waals surface area contributed by atoms with Crippen molar-refractivity contribution in [1.82, 2.24) is 5.32 Å². The third-order valence-corrected chi connectivity index (χ3v) is 2.60. The molecule has 0 fully saturated rings. The summed E-state index contributed by atoms with van der Waals surface area (Å²) < 4.78 is 0. The standard InChI is InChI=1S/C12H25NO4/c1-2-3-4-5-7-13-9-11(16)12(17)10(15)6-8-14/h10-11,13-16H,2-9H2,1H3/t10-,11+/m1/s1. The first-order valence-corrected chi connectivity index (χ1v) is 6.34. The topological polar surface area (TPSA) is 89.8 Å². The molecule has 0 heterocycles. The zero-order valence-corrected chi connectivity index (χ0v) is 10.6. The van der Waals surface area contributed by atoms with E-state index in [4.69, 9.17) is 5.11 Å². The first kappa shape index (κ1) is 16.5. The van der Waals surface area contributed by atoms with Crippen LogP contribution < -0.4 is 5.32 Å². The van der Waals surface area contributed by atoms with Crippen LogP contribution in [0.5, 0.6) is 0 Å². The fourth-order valence-corrected chi connectivity index (χ4v) is 1.50. The number of carbonyl (C=O) groups excluding carboxylic acids is 1. The molecule has 0 saturated heterocycles. The summed E-state index contributed by atoms with van der Waals surface area (Å²) in [4.78, 5) is 11.3. The van der Waals surface area contributed by atoms with E-state index in [1.54, 1.807) is 0 Å². The van der Waals surface area contributed by atoms with Crippen LogP contribution in [0.4, 0.5) is 0 Å². The maximum absolute atomic E-state index is 11.3. The minimum atomic E-state index is -1.27. The molecule has 0 bridgehead atoms. The summed E-state index contributed by atoms with van der Waals surface area (Å²) in [5.74, 6) is -0.625. The van der Waals surface area contributed by atoms with Crippen molar-refractivity contribution in [3.8, 4) is 0 Å². The first-order chi connectivity index (χ1) is 8.13. The Labute approximate surface area is 103 Å². The van der Waals surface area contributed by atoms with Gasteiger partial charge in [-0.25, -0.2) is 0 Å². The van der Waals surface area contributed by atoms with Gasteiger partial charge >= 0.3 is 0 Å². The molecule has 102 valence electrons. The predicted octanol–water partition coefficient (Wildman–Crippen LogP) is -0.170. The molecule has 0 aromatic rings. The molecule has 0 aromatic heterocycles. The summed E-state index contributed by atoms with van der Waals surface area (Å²) in [6.45, 7) is 2.80. The molecule has 0 aliphatic heterocycles. The lowest BCUT2D eigenvalue weighted by Gasteiger charge is -2.14. The normalized spacial score (nSPS) is 14.6. The number of rotatable bonds is 11. The van der Waals surface area contributed by atoms with Crippen molar-refractivity contribution < 1.29 is 20.1 Å². The van der Waals surface area contributed by atoms with Crippen LogP contribution in [0.25, 0.3) is 0 Å². The Morgan fingerprint density at radius 3 is 2.47 bits per heavy atom. The van der Waals surface area contributed by atoms with Gasteiger partial charge in [-0.2, -0.15) is 0 Å². The summed E-state index contributed by atoms with van der Waals surface area (Å²) >= 11 is 0. The number of aliphatic hydroxyl groups is 3. The summed E-state index contributed by atoms with van der Waals surface area (Å²) in [6.07, 6.45) is 2.05. The van der Waals surface area contributed by atoms with Gasteiger partial charge in [0.15, 0.2) is 5.78 Å². The monoisotopic (exact) mass is 247 g/mol. The van der Waals surface area contributed by atoms with Crippen LogP contribution in [0.15, 0.2) is 0 Å². The molecular weight excluding hydrogens is 222 g/mol. The number of hydrogen-bond acceptors (Lipinski definition) is 5. The third-order valence-electron chi connectivity index (χ3n) is 2.60. The minimum absolute atomic E-state index is 0.0214. The van der Waals surface area contributed by atoms with Gasteiger partial charge in [0.2, 0.25) is 0 Å². The summed E-state index contributed by atoms with van der Waals surface area (Å²) in [6, 6.07) is 0. The van der Waals surface area contributed by atoms with Crippen molar-refractivity contribution in [2.75, 3.05) is 19.7 Å². The molecule has 0 aliphatic rings. The van der Waals surface area contributed by atoms with Crippen molar-refractivity contribution in [3.63, 3.8) is 0 Å². The van der Waals surface area contributed by atoms with Crippen LogP contribution in [0.2, 0.25) is 0 Å². The van der Waals surface area contributed by atoms with Gasteiger partial charge in [0.1, 0.15) is 12.2 Å². The van der Waals surface area contributed by atoms with Gasteiger partial charge in [0.25, 0.3) is 0 Å². The molecular formula is C12H25NO4. The highest BCUT2D eigenvalue weighted by molar-refractivity contribution is 5.87. The maximum Gasteiger partial charge on any atom is 0.190 e. The van der Waals surface area contributed by atoms with Crippen LogP contribution in [0, 0.1) is 0 Å². The summed E-state index contributed by atoms with van der Waals surface area (Å²) in [7, 11) is 0. The molecule has 0 spiro atoms. The second kappa shape index (κ2) is 10.7. The van der Waals surface area contributed by atoms with Gasteiger partial charge < -0.3 is 20.6 Å². The van der Waals surface area contributed by atoms with E-state index >= 15 is 0 Å². The van der Waals surface area contributed by atoms with E-state index in [9.17, 15) is 15.0 Å². The van der Waals surface area contributed by atoms with Gasteiger partial charge in [-0.15, -0.1) is 0 Å². The average Bonchev–Trinajstić information content (AvgIpc) is 2.32. The van der Waals surface area contributed by atoms with Gasteiger partial charge in [-0.3, -0.25) is 4.79 Å². The number of unbranched alkanes of at least 4 members (excludes halogenated alkanes) is 3. The fraction of sp³-hybridized carbons (Fsp3) is 0.917. The quantitative estimate of drug-likeness (QED) is 0.381. The summed E-state index contributed by atoms with van der Waals surface area (Å²) in [5, 5.41) is 30.3. The molecule has 4 N–H and O–H groups in total. The second-order valence-electron chi connectivity index (χ2n) is 4.21. The molecule has 0 amide bonds. The highest BCUT2D eigenvalue weighted by Crippen LogP contribution is 1.99. The Kier molecular flexibility index (Phi) is 10.3. The van der Waals surface area contributed by atoms with Gasteiger partial charge in [0, 0.05) is 19.6 Å². The van der Waals surface area contributed by atoms with Crippen molar-refractivity contribution in [2.24, 2.45) is 0 Å². The van der Waals surface area contributed by atoms with Gasteiger partial charge in [-0.05, 0) is 13.0 Å². The summed E-state index contributed by atoms with van der Waals surface area (Å²) in [5.41, 5.74) is 0. The van der Waals surface area contributed by atoms with E-state index < -0.39 is 18.0 Å². The zero-order chi connectivity index (χ0) is 13.1. The predicted molar refractivity (Wildman–Crippen MR) is 65.7 cm³/mol. The lowest BCUT2D eigenvalue weighted by atomic mass is 10.1. The number of ketones is 1. The van der Waals surface area contributed by atoms with Crippen LogP contribution in [0.1, 0.15) is 39.0 Å². The van der Waals surface area contributed by atoms with E-state index in [1.165, 1.54) is 12.8 Å². The second-order valence-corrected chi connectivity index (χ2v) is 4.21. The number of aliphatic hydroxyl groups excluding tert-OH is 3. The molecule has 0 aromatic carbocycles. The number of Topliss-reactive ketones (excluding diaryl/α,β-unsaturated/α-hetero) is 1.